The molecule has 0 spiro atoms. The van der Waals surface area contributed by atoms with Crippen LogP contribution in [-0.2, 0) is 0 Å². The van der Waals surface area contributed by atoms with Crippen molar-refractivity contribution in [1.82, 2.24) is 9.80 Å². The van der Waals surface area contributed by atoms with Crippen LogP contribution in [0.4, 0.5) is 0 Å². The molecular formula is C31H43ClN2O6. The predicted molar refractivity (Wildman–Crippen MR) is 165 cm³/mol. The lowest BCUT2D eigenvalue weighted by atomic mass is 10.1. The Morgan fingerprint density at radius 3 is 1.77 bits per heavy atom. The molecule has 2 aromatic heterocycles. The molecule has 0 atom stereocenters. The number of alkyl halides is 1. The molecule has 220 valence electrons. The monoisotopic (exact) mass is 574 g/mol. The number of phenols is 1. The minimum atomic E-state index is -0.393. The maximum Gasteiger partial charge on any atom is 0.336 e. The van der Waals surface area contributed by atoms with Gasteiger partial charge < -0.3 is 28.5 Å². The van der Waals surface area contributed by atoms with Crippen molar-refractivity contribution in [3.8, 4) is 11.5 Å². The van der Waals surface area contributed by atoms with E-state index in [4.69, 9.17) is 30.3 Å². The fourth-order valence-electron chi connectivity index (χ4n) is 3.66. The molecule has 1 N–H and O–H groups in total. The zero-order chi connectivity index (χ0) is 28.9. The highest BCUT2D eigenvalue weighted by atomic mass is 35.5. The topological polar surface area (TPSA) is 96.4 Å². The van der Waals surface area contributed by atoms with Crippen molar-refractivity contribution < 1.29 is 18.7 Å². The van der Waals surface area contributed by atoms with Crippen molar-refractivity contribution in [3.05, 3.63) is 80.5 Å². The Bertz CT molecular complexity index is 1450. The molecule has 0 fully saturated rings. The number of hydrogen-bond acceptors (Lipinski definition) is 8. The summed E-state index contributed by atoms with van der Waals surface area (Å²) in [6.07, 6.45) is 2.05. The summed E-state index contributed by atoms with van der Waals surface area (Å²) in [5, 5.41) is 10.9. The van der Waals surface area contributed by atoms with Crippen molar-refractivity contribution in [2.45, 2.75) is 34.1 Å². The molecule has 4 aromatic rings. The number of rotatable bonds is 8. The quantitative estimate of drug-likeness (QED) is 0.154. The molecular weight excluding hydrogens is 532 g/mol. The summed E-state index contributed by atoms with van der Waals surface area (Å²) in [6.45, 7) is 6.47. The van der Waals surface area contributed by atoms with E-state index in [1.54, 1.807) is 18.2 Å². The Morgan fingerprint density at radius 1 is 0.775 bits per heavy atom. The minimum Gasteiger partial charge on any atom is -0.508 e. The molecule has 0 aliphatic carbocycles. The number of fused-ring (bicyclic) bond motifs is 2. The highest BCUT2D eigenvalue weighted by Crippen LogP contribution is 2.22. The first-order chi connectivity index (χ1) is 18.5. The molecule has 0 saturated carbocycles. The molecule has 0 saturated heterocycles. The second kappa shape index (κ2) is 17.4. The van der Waals surface area contributed by atoms with Crippen LogP contribution in [0.25, 0.3) is 21.9 Å². The van der Waals surface area contributed by atoms with Crippen molar-refractivity contribution in [3.63, 3.8) is 0 Å². The lowest BCUT2D eigenvalue weighted by molar-refractivity contribution is 0.281. The fourth-order valence-corrected chi connectivity index (χ4v) is 3.77. The molecule has 0 unspecified atom stereocenters. The summed E-state index contributed by atoms with van der Waals surface area (Å²) in [7, 11) is 8.17. The third-order valence-corrected chi connectivity index (χ3v) is 5.88. The fraction of sp³-hybridized carbons (Fsp3) is 0.419. The minimum absolute atomic E-state index is 0. The van der Waals surface area contributed by atoms with Gasteiger partial charge in [-0.05, 0) is 96.8 Å². The number of benzene rings is 2. The van der Waals surface area contributed by atoms with Gasteiger partial charge in [0.05, 0.1) is 6.61 Å². The molecule has 4 rings (SSSR count). The number of hydrogen-bond donors (Lipinski definition) is 1. The second-order valence-corrected chi connectivity index (χ2v) is 10.1. The van der Waals surface area contributed by atoms with E-state index >= 15 is 0 Å². The van der Waals surface area contributed by atoms with Gasteiger partial charge in [-0.3, -0.25) is 0 Å². The Kier molecular flexibility index (Phi) is 15.1. The van der Waals surface area contributed by atoms with E-state index < -0.39 is 5.63 Å². The lowest BCUT2D eigenvalue weighted by Crippen LogP contribution is -2.15. The van der Waals surface area contributed by atoms with Crippen LogP contribution in [0.3, 0.4) is 0 Å². The summed E-state index contributed by atoms with van der Waals surface area (Å²) in [4.78, 5) is 26.5. The number of phenolic OH excluding ortho intramolecular Hbond substituents is 1. The summed E-state index contributed by atoms with van der Waals surface area (Å²) < 4.78 is 15.7. The van der Waals surface area contributed by atoms with Crippen LogP contribution in [0.5, 0.6) is 11.5 Å². The van der Waals surface area contributed by atoms with E-state index in [-0.39, 0.29) is 18.8 Å². The Balaban J connectivity index is 0.000000331. The van der Waals surface area contributed by atoms with Gasteiger partial charge in [0, 0.05) is 47.5 Å². The van der Waals surface area contributed by atoms with E-state index in [9.17, 15) is 9.59 Å². The third kappa shape index (κ3) is 11.8. The van der Waals surface area contributed by atoms with Gasteiger partial charge in [0.2, 0.25) is 0 Å². The molecule has 8 nitrogen and oxygen atoms in total. The molecule has 0 radical (unpaired) electrons. The largest absolute Gasteiger partial charge is 0.508 e. The average Bonchev–Trinajstić information content (AvgIpc) is 2.85. The number of nitrogens with zero attached hydrogens (tertiary/aromatic N) is 2. The standard InChI is InChI=1S/C15H19NO3.C10H8O3.C5H12ClN.CH4/c1-11-9-15(17)19-14-10-12(5-6-13(11)14)18-8-4-7-16(2)3;1-6-4-10(12)13-9-5-7(11)2-3-8(6)9;1-7(2)5-3-4-6;/h5-6,9-10H,4,7-8H2,1-3H3;2-5,11H,1H3;3-5H2,1-2H3;1H4. The molecule has 2 heterocycles. The van der Waals surface area contributed by atoms with E-state index in [1.165, 1.54) is 18.2 Å². The van der Waals surface area contributed by atoms with Crippen molar-refractivity contribution in [2.75, 3.05) is 53.8 Å². The Hall–Kier alpha value is -3.33. The third-order valence-electron chi connectivity index (χ3n) is 5.62. The first-order valence-corrected chi connectivity index (χ1v) is 13.3. The van der Waals surface area contributed by atoms with Gasteiger partial charge in [0.1, 0.15) is 22.7 Å². The van der Waals surface area contributed by atoms with Gasteiger partial charge >= 0.3 is 11.3 Å². The summed E-state index contributed by atoms with van der Waals surface area (Å²) in [5.74, 6) is 1.61. The smallest absolute Gasteiger partial charge is 0.336 e. The second-order valence-electron chi connectivity index (χ2n) is 9.69. The normalized spacial score (nSPS) is 10.5. The van der Waals surface area contributed by atoms with E-state index in [0.29, 0.717) is 17.8 Å². The van der Waals surface area contributed by atoms with Gasteiger partial charge in [0.25, 0.3) is 0 Å². The van der Waals surface area contributed by atoms with Crippen LogP contribution >= 0.6 is 11.6 Å². The zero-order valence-corrected chi connectivity index (χ0v) is 24.4. The van der Waals surface area contributed by atoms with Crippen molar-refractivity contribution in [2.24, 2.45) is 0 Å². The highest BCUT2D eigenvalue weighted by Gasteiger charge is 2.04. The highest BCUT2D eigenvalue weighted by molar-refractivity contribution is 6.17. The molecule has 2 aromatic carbocycles. The lowest BCUT2D eigenvalue weighted by Gasteiger charge is -2.10. The van der Waals surface area contributed by atoms with Crippen LogP contribution in [-0.4, -0.2) is 68.7 Å². The molecule has 0 bridgehead atoms. The van der Waals surface area contributed by atoms with E-state index in [1.807, 2.05) is 54.2 Å². The first kappa shape index (κ1) is 34.7. The predicted octanol–water partition coefficient (Wildman–Crippen LogP) is 6.05. The maximum atomic E-state index is 11.3. The molecule has 0 amide bonds. The number of ether oxygens (including phenoxy) is 1. The van der Waals surface area contributed by atoms with Crippen LogP contribution in [0.1, 0.15) is 31.4 Å². The molecule has 9 heteroatoms. The van der Waals surface area contributed by atoms with E-state index in [0.717, 1.165) is 59.5 Å². The average molecular weight is 575 g/mol. The molecule has 0 aliphatic rings. The van der Waals surface area contributed by atoms with Crippen LogP contribution < -0.4 is 16.0 Å². The zero-order valence-electron chi connectivity index (χ0n) is 23.6. The Morgan fingerprint density at radius 2 is 1.27 bits per heavy atom. The SMILES string of the molecule is C.CN(C)CCCCl.Cc1cc(=O)oc2cc(O)ccc12.Cc1cc(=O)oc2cc(OCCCN(C)C)ccc12. The van der Waals surface area contributed by atoms with Crippen LogP contribution in [0.15, 0.2) is 67.0 Å². The van der Waals surface area contributed by atoms with Crippen molar-refractivity contribution in [1.29, 1.82) is 0 Å². The van der Waals surface area contributed by atoms with Crippen LogP contribution in [0.2, 0.25) is 0 Å². The van der Waals surface area contributed by atoms with Crippen molar-refractivity contribution >= 4 is 33.5 Å². The summed E-state index contributed by atoms with van der Waals surface area (Å²) >= 11 is 5.42. The molecule has 0 aliphatic heterocycles. The number of aryl methyl sites for hydroxylation is 2. The van der Waals surface area contributed by atoms with E-state index in [2.05, 4.69) is 9.80 Å². The molecule has 40 heavy (non-hydrogen) atoms. The van der Waals surface area contributed by atoms with Gasteiger partial charge in [-0.15, -0.1) is 11.6 Å². The number of halogens is 1. The number of aromatic hydroxyl groups is 1. The van der Waals surface area contributed by atoms with Gasteiger partial charge in [-0.2, -0.15) is 0 Å². The summed E-state index contributed by atoms with van der Waals surface area (Å²) in [6, 6.07) is 13.3. The first-order valence-electron chi connectivity index (χ1n) is 12.8. The maximum absolute atomic E-state index is 11.3. The van der Waals surface area contributed by atoms with Gasteiger partial charge in [0.15, 0.2) is 0 Å². The summed E-state index contributed by atoms with van der Waals surface area (Å²) in [5.41, 5.74) is 2.06. The van der Waals surface area contributed by atoms with Gasteiger partial charge in [-0.25, -0.2) is 9.59 Å². The Labute approximate surface area is 241 Å². The van der Waals surface area contributed by atoms with Crippen LogP contribution in [0, 0.1) is 13.8 Å². The van der Waals surface area contributed by atoms with Gasteiger partial charge in [-0.1, -0.05) is 7.43 Å².